The number of hydrogen-bond acceptors (Lipinski definition) is 2. The number of hydrogen-bond donors (Lipinski definition) is 2. The van der Waals surface area contributed by atoms with Crippen LogP contribution in [0.1, 0.15) is 26.2 Å². The Morgan fingerprint density at radius 3 is 2.75 bits per heavy atom. The number of halogens is 2. The highest BCUT2D eigenvalue weighted by Gasteiger charge is 2.40. The van der Waals surface area contributed by atoms with Crippen molar-refractivity contribution in [2.45, 2.75) is 26.2 Å². The zero-order valence-corrected chi connectivity index (χ0v) is 10.9. The van der Waals surface area contributed by atoms with Crippen molar-refractivity contribution in [2.24, 2.45) is 5.41 Å². The quantitative estimate of drug-likeness (QED) is 0.827. The Morgan fingerprint density at radius 2 is 2.19 bits per heavy atom. The van der Waals surface area contributed by atoms with E-state index in [1.165, 1.54) is 25.3 Å². The maximum atomic E-state index is 13.3. The Labute approximate surface area is 104 Å². The molecule has 2 rings (SSSR count). The van der Waals surface area contributed by atoms with Crippen molar-refractivity contribution in [2.75, 3.05) is 17.6 Å². The Bertz CT molecular complexity index is 402. The minimum Gasteiger partial charge on any atom is -0.397 e. The third kappa shape index (κ3) is 2.32. The van der Waals surface area contributed by atoms with Crippen LogP contribution < -0.4 is 11.1 Å². The van der Waals surface area contributed by atoms with Crippen molar-refractivity contribution in [1.82, 2.24) is 0 Å². The highest BCUT2D eigenvalue weighted by Crippen LogP contribution is 2.48. The summed E-state index contributed by atoms with van der Waals surface area (Å²) in [5.74, 6) is -0.280. The van der Waals surface area contributed by atoms with E-state index in [-0.39, 0.29) is 5.82 Å². The maximum absolute atomic E-state index is 13.3. The standard InChI is InChI=1S/C12H16BrFN2/c1-2-12(3-4-12)7-16-11-6-9(14)8(13)5-10(11)15/h5-6,16H,2-4,7,15H2,1H3. The first kappa shape index (κ1) is 11.7. The van der Waals surface area contributed by atoms with E-state index in [0.29, 0.717) is 21.3 Å². The molecular weight excluding hydrogens is 271 g/mol. The highest BCUT2D eigenvalue weighted by molar-refractivity contribution is 9.10. The lowest BCUT2D eigenvalue weighted by Gasteiger charge is -2.16. The second kappa shape index (κ2) is 4.24. The highest BCUT2D eigenvalue weighted by atomic mass is 79.9. The predicted octanol–water partition coefficient (Wildman–Crippen LogP) is 3.77. The van der Waals surface area contributed by atoms with Crippen LogP contribution in [0.25, 0.3) is 0 Å². The van der Waals surface area contributed by atoms with Crippen LogP contribution in [-0.4, -0.2) is 6.54 Å². The molecule has 0 bridgehead atoms. The molecule has 0 spiro atoms. The van der Waals surface area contributed by atoms with Gasteiger partial charge in [0, 0.05) is 12.6 Å². The number of rotatable bonds is 4. The molecule has 88 valence electrons. The Hall–Kier alpha value is -0.770. The van der Waals surface area contributed by atoms with Gasteiger partial charge in [0.1, 0.15) is 5.82 Å². The van der Waals surface area contributed by atoms with E-state index < -0.39 is 0 Å². The van der Waals surface area contributed by atoms with Crippen LogP contribution in [0.3, 0.4) is 0 Å². The molecule has 0 amide bonds. The summed E-state index contributed by atoms with van der Waals surface area (Å²) in [5, 5.41) is 3.25. The topological polar surface area (TPSA) is 38.0 Å². The first-order chi connectivity index (χ1) is 7.56. The average molecular weight is 287 g/mol. The van der Waals surface area contributed by atoms with Crippen molar-refractivity contribution in [3.8, 4) is 0 Å². The van der Waals surface area contributed by atoms with Gasteiger partial charge < -0.3 is 11.1 Å². The molecule has 0 unspecified atom stereocenters. The fourth-order valence-corrected chi connectivity index (χ4v) is 2.19. The molecule has 4 heteroatoms. The Kier molecular flexibility index (Phi) is 3.10. The molecule has 1 aliphatic carbocycles. The van der Waals surface area contributed by atoms with Crippen LogP contribution in [0.2, 0.25) is 0 Å². The third-order valence-corrected chi connectivity index (χ3v) is 4.06. The van der Waals surface area contributed by atoms with Gasteiger partial charge in [-0.3, -0.25) is 0 Å². The Balaban J connectivity index is 2.07. The molecule has 0 aliphatic heterocycles. The van der Waals surface area contributed by atoms with Crippen LogP contribution >= 0.6 is 15.9 Å². The van der Waals surface area contributed by atoms with Crippen molar-refractivity contribution < 1.29 is 4.39 Å². The minimum atomic E-state index is -0.280. The summed E-state index contributed by atoms with van der Waals surface area (Å²) in [6, 6.07) is 3.05. The van der Waals surface area contributed by atoms with Gasteiger partial charge in [-0.1, -0.05) is 6.92 Å². The zero-order chi connectivity index (χ0) is 11.8. The molecule has 1 aromatic carbocycles. The number of benzene rings is 1. The molecule has 1 fully saturated rings. The molecule has 1 saturated carbocycles. The number of anilines is 2. The first-order valence-electron chi connectivity index (χ1n) is 5.55. The van der Waals surface area contributed by atoms with Gasteiger partial charge in [-0.15, -0.1) is 0 Å². The lowest BCUT2D eigenvalue weighted by atomic mass is 10.0. The van der Waals surface area contributed by atoms with Crippen LogP contribution in [0.5, 0.6) is 0 Å². The lowest BCUT2D eigenvalue weighted by molar-refractivity contribution is 0.521. The molecule has 1 aromatic rings. The largest absolute Gasteiger partial charge is 0.397 e. The van der Waals surface area contributed by atoms with E-state index in [0.717, 1.165) is 6.54 Å². The van der Waals surface area contributed by atoms with E-state index >= 15 is 0 Å². The molecule has 0 atom stereocenters. The van der Waals surface area contributed by atoms with Crippen LogP contribution in [0, 0.1) is 11.2 Å². The fraction of sp³-hybridized carbons (Fsp3) is 0.500. The van der Waals surface area contributed by atoms with E-state index in [1.807, 2.05) is 0 Å². The number of nitrogen functional groups attached to an aromatic ring is 1. The SMILES string of the molecule is CCC1(CNc2cc(F)c(Br)cc2N)CC1. The van der Waals surface area contributed by atoms with E-state index in [4.69, 9.17) is 5.73 Å². The summed E-state index contributed by atoms with van der Waals surface area (Å²) in [6.45, 7) is 3.08. The second-order valence-electron chi connectivity index (χ2n) is 4.56. The maximum Gasteiger partial charge on any atom is 0.139 e. The second-order valence-corrected chi connectivity index (χ2v) is 5.42. The molecule has 3 N–H and O–H groups in total. The minimum absolute atomic E-state index is 0.280. The van der Waals surface area contributed by atoms with Gasteiger partial charge in [-0.05, 0) is 46.7 Å². The van der Waals surface area contributed by atoms with Crippen LogP contribution in [-0.2, 0) is 0 Å². The summed E-state index contributed by atoms with van der Waals surface area (Å²) in [6.07, 6.45) is 3.68. The lowest BCUT2D eigenvalue weighted by Crippen LogP contribution is -2.15. The summed E-state index contributed by atoms with van der Waals surface area (Å²) >= 11 is 3.11. The van der Waals surface area contributed by atoms with Crippen molar-refractivity contribution in [3.63, 3.8) is 0 Å². The monoisotopic (exact) mass is 286 g/mol. The molecule has 16 heavy (non-hydrogen) atoms. The van der Waals surface area contributed by atoms with Gasteiger partial charge in [-0.2, -0.15) is 0 Å². The number of nitrogens with two attached hydrogens (primary N) is 1. The molecule has 0 radical (unpaired) electrons. The summed E-state index contributed by atoms with van der Waals surface area (Å²) in [4.78, 5) is 0. The average Bonchev–Trinajstić information content (AvgIpc) is 3.02. The van der Waals surface area contributed by atoms with E-state index in [2.05, 4.69) is 28.2 Å². The first-order valence-corrected chi connectivity index (χ1v) is 6.34. The molecular formula is C12H16BrFN2. The van der Waals surface area contributed by atoms with Crippen LogP contribution in [0.4, 0.5) is 15.8 Å². The molecule has 1 aliphatic rings. The van der Waals surface area contributed by atoms with Gasteiger partial charge in [-0.25, -0.2) is 4.39 Å². The van der Waals surface area contributed by atoms with E-state index in [1.54, 1.807) is 6.07 Å². The fourth-order valence-electron chi connectivity index (χ4n) is 1.83. The Morgan fingerprint density at radius 1 is 1.50 bits per heavy atom. The zero-order valence-electron chi connectivity index (χ0n) is 9.32. The van der Waals surface area contributed by atoms with Gasteiger partial charge in [0.25, 0.3) is 0 Å². The van der Waals surface area contributed by atoms with Crippen molar-refractivity contribution in [1.29, 1.82) is 0 Å². The van der Waals surface area contributed by atoms with Gasteiger partial charge in [0.2, 0.25) is 0 Å². The third-order valence-electron chi connectivity index (χ3n) is 3.45. The summed E-state index contributed by atoms with van der Waals surface area (Å²) in [7, 11) is 0. The smallest absolute Gasteiger partial charge is 0.139 e. The summed E-state index contributed by atoms with van der Waals surface area (Å²) in [5.41, 5.74) is 7.53. The van der Waals surface area contributed by atoms with Crippen molar-refractivity contribution >= 4 is 27.3 Å². The predicted molar refractivity (Wildman–Crippen MR) is 69.0 cm³/mol. The van der Waals surface area contributed by atoms with Gasteiger partial charge in [0.15, 0.2) is 0 Å². The molecule has 0 heterocycles. The molecule has 0 saturated heterocycles. The number of nitrogens with one attached hydrogen (secondary N) is 1. The summed E-state index contributed by atoms with van der Waals surface area (Å²) < 4.78 is 13.7. The molecule has 2 nitrogen and oxygen atoms in total. The van der Waals surface area contributed by atoms with Gasteiger partial charge in [0.05, 0.1) is 15.8 Å². The normalized spacial score (nSPS) is 17.2. The van der Waals surface area contributed by atoms with Crippen molar-refractivity contribution in [3.05, 3.63) is 22.4 Å². The molecule has 0 aromatic heterocycles. The van der Waals surface area contributed by atoms with Crippen LogP contribution in [0.15, 0.2) is 16.6 Å². The van der Waals surface area contributed by atoms with E-state index in [9.17, 15) is 4.39 Å². The van der Waals surface area contributed by atoms with Gasteiger partial charge >= 0.3 is 0 Å².